The second-order valence-corrected chi connectivity index (χ2v) is 3.93. The molecule has 0 unspecified atom stereocenters. The van der Waals surface area contributed by atoms with E-state index in [2.05, 4.69) is 16.8 Å². The zero-order valence-electron chi connectivity index (χ0n) is 9.58. The number of halogens is 2. The molecule has 0 radical (unpaired) electrons. The summed E-state index contributed by atoms with van der Waals surface area (Å²) in [5.41, 5.74) is 1.36. The quantitative estimate of drug-likeness (QED) is 0.735. The number of aromatic nitrogens is 1. The Bertz CT molecular complexity index is 631. The maximum absolute atomic E-state index is 13.2. The molecular formula is C14H9ClFNO. The monoisotopic (exact) mass is 261 g/mol. The van der Waals surface area contributed by atoms with Crippen molar-refractivity contribution in [1.29, 1.82) is 0 Å². The van der Waals surface area contributed by atoms with E-state index in [0.29, 0.717) is 16.1 Å². The Morgan fingerprint density at radius 1 is 1.17 bits per heavy atom. The smallest absolute Gasteiger partial charge is 0.165 e. The Balaban J connectivity index is 2.30. The standard InChI is InChI=1S/C14H9ClFNO/c1-18-14-7-10(4-5-13(14)16)2-3-11-6-12(15)9-17-8-11/h4-9H,1H3. The number of benzene rings is 1. The van der Waals surface area contributed by atoms with Gasteiger partial charge in [-0.1, -0.05) is 23.4 Å². The number of rotatable bonds is 1. The van der Waals surface area contributed by atoms with Gasteiger partial charge in [0.25, 0.3) is 0 Å². The highest BCUT2D eigenvalue weighted by Gasteiger charge is 2.01. The maximum atomic E-state index is 13.2. The summed E-state index contributed by atoms with van der Waals surface area (Å²) in [6, 6.07) is 6.16. The largest absolute Gasteiger partial charge is 0.494 e. The Morgan fingerprint density at radius 3 is 2.67 bits per heavy atom. The Labute approximate surface area is 109 Å². The van der Waals surface area contributed by atoms with Gasteiger partial charge in [0.2, 0.25) is 0 Å². The van der Waals surface area contributed by atoms with Gasteiger partial charge in [0.05, 0.1) is 12.1 Å². The van der Waals surface area contributed by atoms with Crippen molar-refractivity contribution >= 4 is 11.6 Å². The maximum Gasteiger partial charge on any atom is 0.165 e. The van der Waals surface area contributed by atoms with Crippen molar-refractivity contribution < 1.29 is 9.13 Å². The summed E-state index contributed by atoms with van der Waals surface area (Å²) in [5.74, 6) is 5.55. The van der Waals surface area contributed by atoms with E-state index >= 15 is 0 Å². The third-order valence-electron chi connectivity index (χ3n) is 2.21. The van der Waals surface area contributed by atoms with Crippen LogP contribution < -0.4 is 4.74 Å². The fraction of sp³-hybridized carbons (Fsp3) is 0.0714. The molecule has 4 heteroatoms. The van der Waals surface area contributed by atoms with Crippen LogP contribution in [0.1, 0.15) is 11.1 Å². The first-order chi connectivity index (χ1) is 8.69. The predicted molar refractivity (Wildman–Crippen MR) is 68.2 cm³/mol. The van der Waals surface area contributed by atoms with Crippen LogP contribution in [0.25, 0.3) is 0 Å². The second kappa shape index (κ2) is 5.52. The molecule has 1 aromatic heterocycles. The van der Waals surface area contributed by atoms with Gasteiger partial charge in [-0.3, -0.25) is 4.98 Å². The third-order valence-corrected chi connectivity index (χ3v) is 2.41. The van der Waals surface area contributed by atoms with E-state index in [4.69, 9.17) is 16.3 Å². The van der Waals surface area contributed by atoms with Gasteiger partial charge in [0.15, 0.2) is 11.6 Å². The van der Waals surface area contributed by atoms with Crippen molar-refractivity contribution in [2.45, 2.75) is 0 Å². The average Bonchev–Trinajstić information content (AvgIpc) is 2.38. The van der Waals surface area contributed by atoms with Crippen LogP contribution in [0.2, 0.25) is 5.02 Å². The molecule has 90 valence electrons. The molecule has 2 rings (SSSR count). The lowest BCUT2D eigenvalue weighted by Crippen LogP contribution is -1.88. The summed E-state index contributed by atoms with van der Waals surface area (Å²) in [7, 11) is 1.41. The van der Waals surface area contributed by atoms with Crippen LogP contribution in [0.15, 0.2) is 36.7 Å². The molecule has 0 fully saturated rings. The molecule has 18 heavy (non-hydrogen) atoms. The highest BCUT2D eigenvalue weighted by molar-refractivity contribution is 6.30. The van der Waals surface area contributed by atoms with Crippen molar-refractivity contribution in [1.82, 2.24) is 4.98 Å². The van der Waals surface area contributed by atoms with Crippen LogP contribution in [0.3, 0.4) is 0 Å². The normalized spacial score (nSPS) is 9.50. The zero-order chi connectivity index (χ0) is 13.0. The average molecular weight is 262 g/mol. The molecule has 0 aliphatic carbocycles. The van der Waals surface area contributed by atoms with E-state index in [0.717, 1.165) is 0 Å². The topological polar surface area (TPSA) is 22.1 Å². The van der Waals surface area contributed by atoms with Crippen LogP contribution >= 0.6 is 11.6 Å². The van der Waals surface area contributed by atoms with Crippen LogP contribution in [-0.4, -0.2) is 12.1 Å². The third kappa shape index (κ3) is 2.99. The molecule has 0 atom stereocenters. The number of ether oxygens (including phenoxy) is 1. The molecule has 0 saturated heterocycles. The second-order valence-electron chi connectivity index (χ2n) is 3.49. The van der Waals surface area contributed by atoms with E-state index in [1.807, 2.05) is 0 Å². The SMILES string of the molecule is COc1cc(C#Cc2cncc(Cl)c2)ccc1F. The van der Waals surface area contributed by atoms with Gasteiger partial charge < -0.3 is 4.74 Å². The van der Waals surface area contributed by atoms with Gasteiger partial charge in [-0.15, -0.1) is 0 Å². The highest BCUT2D eigenvalue weighted by Crippen LogP contribution is 2.17. The minimum Gasteiger partial charge on any atom is -0.494 e. The van der Waals surface area contributed by atoms with E-state index < -0.39 is 5.82 Å². The summed E-state index contributed by atoms with van der Waals surface area (Å²) >= 11 is 5.80. The van der Waals surface area contributed by atoms with Gasteiger partial charge in [0.1, 0.15) is 0 Å². The lowest BCUT2D eigenvalue weighted by atomic mass is 10.2. The highest BCUT2D eigenvalue weighted by atomic mass is 35.5. The number of pyridine rings is 1. The minimum atomic E-state index is -0.410. The number of hydrogen-bond donors (Lipinski definition) is 0. The van der Waals surface area contributed by atoms with Crippen LogP contribution in [0.5, 0.6) is 5.75 Å². The molecule has 0 saturated carbocycles. The summed E-state index contributed by atoms with van der Waals surface area (Å²) in [5, 5.41) is 0.526. The number of nitrogens with zero attached hydrogens (tertiary/aromatic N) is 1. The summed E-state index contributed by atoms with van der Waals surface area (Å²) in [6.07, 6.45) is 3.15. The Hall–Kier alpha value is -2.05. The van der Waals surface area contributed by atoms with E-state index in [1.165, 1.54) is 19.4 Å². The van der Waals surface area contributed by atoms with Crippen molar-refractivity contribution in [3.8, 4) is 17.6 Å². The summed E-state index contributed by atoms with van der Waals surface area (Å²) in [6.45, 7) is 0. The fourth-order valence-electron chi connectivity index (χ4n) is 1.36. The van der Waals surface area contributed by atoms with Gasteiger partial charge in [0, 0.05) is 23.5 Å². The van der Waals surface area contributed by atoms with Crippen LogP contribution in [-0.2, 0) is 0 Å². The van der Waals surface area contributed by atoms with Gasteiger partial charge in [-0.05, 0) is 24.3 Å². The first-order valence-electron chi connectivity index (χ1n) is 5.15. The molecule has 0 aliphatic heterocycles. The van der Waals surface area contributed by atoms with Gasteiger partial charge in [-0.2, -0.15) is 0 Å². The molecule has 0 N–H and O–H groups in total. The van der Waals surface area contributed by atoms with Gasteiger partial charge >= 0.3 is 0 Å². The molecular weight excluding hydrogens is 253 g/mol. The van der Waals surface area contributed by atoms with Crippen molar-refractivity contribution in [3.63, 3.8) is 0 Å². The first kappa shape index (κ1) is 12.4. The lowest BCUT2D eigenvalue weighted by Gasteiger charge is -2.00. The van der Waals surface area contributed by atoms with E-state index in [9.17, 15) is 4.39 Å². The summed E-state index contributed by atoms with van der Waals surface area (Å²) in [4.78, 5) is 3.93. The zero-order valence-corrected chi connectivity index (χ0v) is 10.3. The lowest BCUT2D eigenvalue weighted by molar-refractivity contribution is 0.386. The van der Waals surface area contributed by atoms with Crippen LogP contribution in [0, 0.1) is 17.7 Å². The Morgan fingerprint density at radius 2 is 1.94 bits per heavy atom. The fourth-order valence-corrected chi connectivity index (χ4v) is 1.54. The van der Waals surface area contributed by atoms with Crippen molar-refractivity contribution in [2.75, 3.05) is 7.11 Å². The molecule has 0 aliphatic rings. The Kier molecular flexibility index (Phi) is 3.81. The molecule has 0 spiro atoms. The van der Waals surface area contributed by atoms with Crippen LogP contribution in [0.4, 0.5) is 4.39 Å². The van der Waals surface area contributed by atoms with Crippen molar-refractivity contribution in [3.05, 3.63) is 58.6 Å². The minimum absolute atomic E-state index is 0.172. The van der Waals surface area contributed by atoms with E-state index in [-0.39, 0.29) is 5.75 Å². The molecule has 1 aromatic carbocycles. The van der Waals surface area contributed by atoms with Gasteiger partial charge in [-0.25, -0.2) is 4.39 Å². The first-order valence-corrected chi connectivity index (χ1v) is 5.53. The molecule has 1 heterocycles. The van der Waals surface area contributed by atoms with Crippen molar-refractivity contribution in [2.24, 2.45) is 0 Å². The molecule has 0 bridgehead atoms. The molecule has 2 aromatic rings. The molecule has 2 nitrogen and oxygen atoms in total. The summed E-state index contributed by atoms with van der Waals surface area (Å²) < 4.78 is 18.1. The number of hydrogen-bond acceptors (Lipinski definition) is 2. The predicted octanol–water partition coefficient (Wildman–Crippen LogP) is 3.28. The molecule has 0 amide bonds. The van der Waals surface area contributed by atoms with E-state index in [1.54, 1.807) is 24.4 Å². The number of methoxy groups -OCH3 is 1.